The monoisotopic (exact) mass is 762 g/mol. The number of hydrogen-bond donors (Lipinski definition) is 6. The molecule has 2 aromatic carbocycles. The SMILES string of the molecule is CN(CCC(N)=O)C(=O)OCc1ccc(NC(=O)CNC(=O)[C@H](Cc2ccccc2)NC(=O)CNC(=O)CNC(=O)CCCCCN2C(=O)C=CC2=O)cc1. The third-order valence-corrected chi connectivity index (χ3v) is 8.04. The van der Waals surface area contributed by atoms with E-state index in [0.717, 1.165) is 10.5 Å². The van der Waals surface area contributed by atoms with Crippen LogP contribution in [0.25, 0.3) is 0 Å². The molecular weight excluding hydrogens is 716 g/mol. The molecule has 0 fully saturated rings. The van der Waals surface area contributed by atoms with Gasteiger partial charge in [-0.15, -0.1) is 0 Å². The number of carbonyl (C=O) groups is 9. The Hall–Kier alpha value is -6.59. The summed E-state index contributed by atoms with van der Waals surface area (Å²) in [6, 6.07) is 14.2. The largest absolute Gasteiger partial charge is 0.445 e. The van der Waals surface area contributed by atoms with Crippen LogP contribution in [-0.2, 0) is 56.1 Å². The summed E-state index contributed by atoms with van der Waals surface area (Å²) in [4.78, 5) is 111. The average Bonchev–Trinajstić information content (AvgIpc) is 3.49. The molecule has 0 saturated carbocycles. The molecule has 0 aromatic heterocycles. The zero-order valence-electron chi connectivity index (χ0n) is 30.5. The molecule has 294 valence electrons. The number of imide groups is 1. The van der Waals surface area contributed by atoms with Crippen molar-refractivity contribution in [2.45, 2.75) is 51.2 Å². The van der Waals surface area contributed by atoms with Crippen molar-refractivity contribution < 1.29 is 47.9 Å². The van der Waals surface area contributed by atoms with Gasteiger partial charge < -0.3 is 42.0 Å². The smallest absolute Gasteiger partial charge is 0.409 e. The Morgan fingerprint density at radius 1 is 0.727 bits per heavy atom. The lowest BCUT2D eigenvalue weighted by Crippen LogP contribution is -2.52. The quantitative estimate of drug-likeness (QED) is 0.0670. The second kappa shape index (κ2) is 22.5. The van der Waals surface area contributed by atoms with Crippen molar-refractivity contribution in [3.63, 3.8) is 0 Å². The zero-order chi connectivity index (χ0) is 40.2. The van der Waals surface area contributed by atoms with E-state index in [9.17, 15) is 43.2 Å². The Morgan fingerprint density at radius 2 is 1.36 bits per heavy atom. The summed E-state index contributed by atoms with van der Waals surface area (Å²) < 4.78 is 5.20. The van der Waals surface area contributed by atoms with Crippen molar-refractivity contribution >= 4 is 59.0 Å². The molecule has 7 N–H and O–H groups in total. The van der Waals surface area contributed by atoms with Gasteiger partial charge in [0.1, 0.15) is 12.6 Å². The van der Waals surface area contributed by atoms with Gasteiger partial charge >= 0.3 is 6.09 Å². The average molecular weight is 763 g/mol. The molecule has 3 rings (SSSR count). The second-order valence-corrected chi connectivity index (χ2v) is 12.5. The van der Waals surface area contributed by atoms with Gasteiger partial charge in [0.15, 0.2) is 0 Å². The highest BCUT2D eigenvalue weighted by atomic mass is 16.6. The predicted octanol–water partition coefficient (Wildman–Crippen LogP) is -0.370. The molecule has 1 aliphatic heterocycles. The number of nitrogens with zero attached hydrogens (tertiary/aromatic N) is 2. The highest BCUT2D eigenvalue weighted by Gasteiger charge is 2.23. The lowest BCUT2D eigenvalue weighted by molar-refractivity contribution is -0.137. The lowest BCUT2D eigenvalue weighted by atomic mass is 10.1. The van der Waals surface area contributed by atoms with Gasteiger partial charge in [0, 0.05) is 57.2 Å². The van der Waals surface area contributed by atoms with Crippen LogP contribution in [0.1, 0.15) is 43.2 Å². The Labute approximate surface area is 317 Å². The lowest BCUT2D eigenvalue weighted by Gasteiger charge is -2.19. The van der Waals surface area contributed by atoms with Crippen LogP contribution in [-0.4, -0.2) is 109 Å². The summed E-state index contributed by atoms with van der Waals surface area (Å²) in [6.07, 6.45) is 3.65. The fourth-order valence-electron chi connectivity index (χ4n) is 5.00. The van der Waals surface area contributed by atoms with Gasteiger partial charge in [0.05, 0.1) is 19.6 Å². The molecule has 1 atom stereocenters. The summed E-state index contributed by atoms with van der Waals surface area (Å²) in [5, 5.41) is 12.6. The number of benzene rings is 2. The molecule has 9 amide bonds. The van der Waals surface area contributed by atoms with E-state index in [-0.39, 0.29) is 63.2 Å². The number of hydrogen-bond acceptors (Lipinski definition) is 10. The van der Waals surface area contributed by atoms with E-state index in [1.807, 2.05) is 0 Å². The molecule has 0 aliphatic carbocycles. The van der Waals surface area contributed by atoms with Crippen molar-refractivity contribution in [2.75, 3.05) is 45.1 Å². The normalized spacial score (nSPS) is 12.3. The van der Waals surface area contributed by atoms with Crippen molar-refractivity contribution in [1.29, 1.82) is 0 Å². The van der Waals surface area contributed by atoms with Gasteiger partial charge in [-0.3, -0.25) is 43.3 Å². The Morgan fingerprint density at radius 3 is 2.04 bits per heavy atom. The molecule has 55 heavy (non-hydrogen) atoms. The predicted molar refractivity (Wildman–Crippen MR) is 197 cm³/mol. The van der Waals surface area contributed by atoms with Gasteiger partial charge in [-0.2, -0.15) is 0 Å². The number of primary amides is 1. The summed E-state index contributed by atoms with van der Waals surface area (Å²) in [5.74, 6) is -4.11. The van der Waals surface area contributed by atoms with E-state index in [4.69, 9.17) is 10.5 Å². The van der Waals surface area contributed by atoms with Gasteiger partial charge in [0.25, 0.3) is 11.8 Å². The van der Waals surface area contributed by atoms with E-state index >= 15 is 0 Å². The molecule has 1 heterocycles. The third kappa shape index (κ3) is 16.3. The van der Waals surface area contributed by atoms with E-state index in [1.54, 1.807) is 54.6 Å². The maximum absolute atomic E-state index is 13.1. The van der Waals surface area contributed by atoms with Crippen LogP contribution in [0.5, 0.6) is 0 Å². The van der Waals surface area contributed by atoms with Gasteiger partial charge in [-0.05, 0) is 36.1 Å². The summed E-state index contributed by atoms with van der Waals surface area (Å²) in [7, 11) is 1.48. The molecule has 0 spiro atoms. The minimum Gasteiger partial charge on any atom is -0.445 e. The molecule has 18 heteroatoms. The van der Waals surface area contributed by atoms with Gasteiger partial charge in [-0.25, -0.2) is 4.79 Å². The summed E-state index contributed by atoms with van der Waals surface area (Å²) in [6.45, 7) is -0.919. The van der Waals surface area contributed by atoms with Crippen LogP contribution in [0.3, 0.4) is 0 Å². The molecule has 18 nitrogen and oxygen atoms in total. The van der Waals surface area contributed by atoms with E-state index in [1.165, 1.54) is 24.1 Å². The highest BCUT2D eigenvalue weighted by Crippen LogP contribution is 2.12. The minimum atomic E-state index is -1.09. The van der Waals surface area contributed by atoms with Crippen molar-refractivity contribution in [1.82, 2.24) is 31.1 Å². The minimum absolute atomic E-state index is 0.00657. The van der Waals surface area contributed by atoms with Crippen molar-refractivity contribution in [2.24, 2.45) is 5.73 Å². The molecule has 1 aliphatic rings. The molecule has 0 bridgehead atoms. The van der Waals surface area contributed by atoms with E-state index in [0.29, 0.717) is 30.5 Å². The van der Waals surface area contributed by atoms with Crippen LogP contribution in [0.15, 0.2) is 66.7 Å². The first-order valence-electron chi connectivity index (χ1n) is 17.5. The molecule has 0 radical (unpaired) electrons. The van der Waals surface area contributed by atoms with Crippen LogP contribution in [0.4, 0.5) is 10.5 Å². The van der Waals surface area contributed by atoms with Crippen LogP contribution < -0.4 is 32.3 Å². The highest BCUT2D eigenvalue weighted by molar-refractivity contribution is 6.12. The number of rotatable bonds is 22. The first-order chi connectivity index (χ1) is 26.3. The van der Waals surface area contributed by atoms with E-state index in [2.05, 4.69) is 26.6 Å². The van der Waals surface area contributed by atoms with Crippen molar-refractivity contribution in [3.05, 3.63) is 77.9 Å². The molecule has 2 aromatic rings. The number of nitrogens with two attached hydrogens (primary N) is 1. The maximum atomic E-state index is 13.1. The Balaban J connectivity index is 1.38. The molecule has 0 unspecified atom stereocenters. The van der Waals surface area contributed by atoms with Gasteiger partial charge in [0.2, 0.25) is 35.4 Å². The van der Waals surface area contributed by atoms with Crippen molar-refractivity contribution in [3.8, 4) is 0 Å². The Bertz CT molecular complexity index is 1710. The van der Waals surface area contributed by atoms with Crippen LogP contribution in [0.2, 0.25) is 0 Å². The number of ether oxygens (including phenoxy) is 1. The standard InChI is InChI=1S/C37H46N8O10/c1-44(19-17-29(38)46)37(54)55-24-26-11-13-27(14-12-26)42-32(49)23-41-36(53)28(20-25-8-4-2-5-9-25)43-33(50)22-40-31(48)21-39-30(47)10-6-3-7-18-45-34(51)15-16-35(45)52/h2,4-5,8-9,11-16,28H,3,6-7,10,17-24H2,1H3,(H2,38,46)(H,39,47)(H,40,48)(H,41,53)(H,42,49)(H,43,50)/t28-/m0/s1. The zero-order valence-corrected chi connectivity index (χ0v) is 30.5. The van der Waals surface area contributed by atoms with Gasteiger partial charge in [-0.1, -0.05) is 48.9 Å². The molecule has 0 saturated heterocycles. The van der Waals surface area contributed by atoms with Crippen LogP contribution in [0, 0.1) is 0 Å². The topological polar surface area (TPSA) is 256 Å². The first-order valence-corrected chi connectivity index (χ1v) is 17.5. The maximum Gasteiger partial charge on any atom is 0.409 e. The number of anilines is 1. The summed E-state index contributed by atoms with van der Waals surface area (Å²) >= 11 is 0. The summed E-state index contributed by atoms with van der Waals surface area (Å²) in [5.41, 5.74) is 6.88. The third-order valence-electron chi connectivity index (χ3n) is 8.04. The Kier molecular flexibility index (Phi) is 17.5. The number of carbonyl (C=O) groups excluding carboxylic acids is 9. The first kappa shape index (κ1) is 42.8. The second-order valence-electron chi connectivity index (χ2n) is 12.5. The number of unbranched alkanes of at least 4 members (excludes halogenated alkanes) is 2. The fraction of sp³-hybridized carbons (Fsp3) is 0.378. The molecular formula is C37H46N8O10. The van der Waals surface area contributed by atoms with Crippen LogP contribution >= 0.6 is 0 Å². The fourth-order valence-corrected chi connectivity index (χ4v) is 5.00. The van der Waals surface area contributed by atoms with E-state index < -0.39 is 54.8 Å². The number of nitrogens with one attached hydrogen (secondary N) is 5. The number of amides is 9.